The molecule has 1 aromatic carbocycles. The van der Waals surface area contributed by atoms with E-state index in [4.69, 9.17) is 10.5 Å². The molecule has 0 bridgehead atoms. The summed E-state index contributed by atoms with van der Waals surface area (Å²) in [5.74, 6) is 0.843. The van der Waals surface area contributed by atoms with Gasteiger partial charge >= 0.3 is 0 Å². The third-order valence-electron chi connectivity index (χ3n) is 2.31. The normalized spacial score (nSPS) is 12.4. The van der Waals surface area contributed by atoms with Crippen LogP contribution in [0.2, 0.25) is 0 Å². The Morgan fingerprint density at radius 1 is 1.44 bits per heavy atom. The zero-order valence-corrected chi connectivity index (χ0v) is 10.1. The molecule has 0 spiro atoms. The van der Waals surface area contributed by atoms with Crippen LogP contribution in [0.15, 0.2) is 29.6 Å². The highest BCUT2D eigenvalue weighted by Gasteiger charge is 2.08. The summed E-state index contributed by atoms with van der Waals surface area (Å²) in [5.41, 5.74) is 7.78. The quantitative estimate of drug-likeness (QED) is 0.888. The Morgan fingerprint density at radius 2 is 2.25 bits per heavy atom. The third kappa shape index (κ3) is 2.23. The van der Waals surface area contributed by atoms with E-state index < -0.39 is 0 Å². The molecule has 2 N–H and O–H groups in total. The van der Waals surface area contributed by atoms with Gasteiger partial charge in [0.2, 0.25) is 0 Å². The lowest BCUT2D eigenvalue weighted by atomic mass is 10.2. The number of ether oxygens (including phenoxy) is 1. The van der Waals surface area contributed by atoms with Gasteiger partial charge in [-0.1, -0.05) is 12.1 Å². The molecule has 0 aliphatic heterocycles. The van der Waals surface area contributed by atoms with Gasteiger partial charge in [0.05, 0.1) is 12.8 Å². The van der Waals surface area contributed by atoms with E-state index in [2.05, 4.69) is 4.98 Å². The molecule has 4 heteroatoms. The summed E-state index contributed by atoms with van der Waals surface area (Å²) in [6, 6.07) is 7.86. The van der Waals surface area contributed by atoms with E-state index in [9.17, 15) is 0 Å². The molecule has 2 rings (SSSR count). The molecule has 3 nitrogen and oxygen atoms in total. The minimum Gasteiger partial charge on any atom is -0.497 e. The molecule has 0 amide bonds. The van der Waals surface area contributed by atoms with Crippen molar-refractivity contribution < 1.29 is 4.74 Å². The van der Waals surface area contributed by atoms with E-state index in [0.717, 1.165) is 22.0 Å². The number of hydrogen-bond acceptors (Lipinski definition) is 4. The van der Waals surface area contributed by atoms with Crippen LogP contribution < -0.4 is 10.5 Å². The number of benzene rings is 1. The van der Waals surface area contributed by atoms with Crippen LogP contribution in [0.1, 0.15) is 18.7 Å². The SMILES string of the molecule is COc1cccc(-c2nc(C(C)N)cs2)c1. The second-order valence-electron chi connectivity index (χ2n) is 3.60. The number of methoxy groups -OCH3 is 1. The van der Waals surface area contributed by atoms with E-state index in [1.165, 1.54) is 0 Å². The van der Waals surface area contributed by atoms with Crippen LogP contribution in [0.4, 0.5) is 0 Å². The van der Waals surface area contributed by atoms with Crippen molar-refractivity contribution in [1.82, 2.24) is 4.98 Å². The van der Waals surface area contributed by atoms with Gasteiger partial charge < -0.3 is 10.5 Å². The lowest BCUT2D eigenvalue weighted by Gasteiger charge is -2.01. The highest BCUT2D eigenvalue weighted by Crippen LogP contribution is 2.27. The van der Waals surface area contributed by atoms with E-state index in [0.29, 0.717) is 0 Å². The molecule has 84 valence electrons. The van der Waals surface area contributed by atoms with Gasteiger partial charge in [0, 0.05) is 17.0 Å². The molecule has 0 radical (unpaired) electrons. The second kappa shape index (κ2) is 4.63. The maximum absolute atomic E-state index is 5.78. The van der Waals surface area contributed by atoms with Gasteiger partial charge in [0.15, 0.2) is 0 Å². The number of nitrogens with zero attached hydrogens (tertiary/aromatic N) is 1. The van der Waals surface area contributed by atoms with Gasteiger partial charge in [0.25, 0.3) is 0 Å². The van der Waals surface area contributed by atoms with Crippen LogP contribution in [-0.4, -0.2) is 12.1 Å². The molecule has 0 saturated heterocycles. The molecule has 0 fully saturated rings. The van der Waals surface area contributed by atoms with Crippen molar-refractivity contribution in [3.05, 3.63) is 35.3 Å². The average Bonchev–Trinajstić information content (AvgIpc) is 2.78. The molecule has 1 aromatic heterocycles. The Hall–Kier alpha value is -1.39. The minimum atomic E-state index is -0.0180. The number of aromatic nitrogens is 1. The summed E-state index contributed by atoms with van der Waals surface area (Å²) in [5, 5.41) is 2.98. The number of hydrogen-bond donors (Lipinski definition) is 1. The van der Waals surface area contributed by atoms with Crippen LogP contribution in [0.5, 0.6) is 5.75 Å². The van der Waals surface area contributed by atoms with Crippen molar-refractivity contribution in [2.75, 3.05) is 7.11 Å². The van der Waals surface area contributed by atoms with Crippen molar-refractivity contribution in [3.63, 3.8) is 0 Å². The molecule has 16 heavy (non-hydrogen) atoms. The first-order valence-corrected chi connectivity index (χ1v) is 5.94. The van der Waals surface area contributed by atoms with Gasteiger partial charge in [-0.25, -0.2) is 4.98 Å². The number of thiazole rings is 1. The lowest BCUT2D eigenvalue weighted by Crippen LogP contribution is -2.04. The fraction of sp³-hybridized carbons (Fsp3) is 0.250. The first-order chi connectivity index (χ1) is 7.70. The third-order valence-corrected chi connectivity index (χ3v) is 3.21. The summed E-state index contributed by atoms with van der Waals surface area (Å²) in [4.78, 5) is 4.49. The van der Waals surface area contributed by atoms with Crippen molar-refractivity contribution >= 4 is 11.3 Å². The van der Waals surface area contributed by atoms with Crippen molar-refractivity contribution in [2.24, 2.45) is 5.73 Å². The van der Waals surface area contributed by atoms with Gasteiger partial charge in [-0.15, -0.1) is 11.3 Å². The average molecular weight is 234 g/mol. The summed E-state index contributed by atoms with van der Waals surface area (Å²) in [7, 11) is 1.66. The maximum Gasteiger partial charge on any atom is 0.123 e. The summed E-state index contributed by atoms with van der Waals surface area (Å²) in [6.45, 7) is 1.93. The first kappa shape index (κ1) is 11.1. The smallest absolute Gasteiger partial charge is 0.123 e. The monoisotopic (exact) mass is 234 g/mol. The highest BCUT2D eigenvalue weighted by molar-refractivity contribution is 7.13. The Balaban J connectivity index is 2.34. The molecule has 1 unspecified atom stereocenters. The molecular formula is C12H14N2OS. The topological polar surface area (TPSA) is 48.1 Å². The molecule has 0 aliphatic rings. The molecule has 1 atom stereocenters. The van der Waals surface area contributed by atoms with Gasteiger partial charge in [-0.05, 0) is 19.1 Å². The predicted octanol–water partition coefficient (Wildman–Crippen LogP) is 2.84. The minimum absolute atomic E-state index is 0.0180. The van der Waals surface area contributed by atoms with Crippen molar-refractivity contribution in [3.8, 4) is 16.3 Å². The largest absolute Gasteiger partial charge is 0.497 e. The fourth-order valence-corrected chi connectivity index (χ4v) is 2.30. The zero-order chi connectivity index (χ0) is 11.5. The van der Waals surface area contributed by atoms with Crippen LogP contribution in [0.3, 0.4) is 0 Å². The molecule has 0 aliphatic carbocycles. The van der Waals surface area contributed by atoms with Crippen LogP contribution in [0.25, 0.3) is 10.6 Å². The summed E-state index contributed by atoms with van der Waals surface area (Å²) in [6.07, 6.45) is 0. The van der Waals surface area contributed by atoms with E-state index >= 15 is 0 Å². The fourth-order valence-electron chi connectivity index (χ4n) is 1.38. The Bertz CT molecular complexity index is 479. The van der Waals surface area contributed by atoms with Crippen LogP contribution >= 0.6 is 11.3 Å². The van der Waals surface area contributed by atoms with E-state index in [-0.39, 0.29) is 6.04 Å². The molecular weight excluding hydrogens is 220 g/mol. The lowest BCUT2D eigenvalue weighted by molar-refractivity contribution is 0.415. The van der Waals surface area contributed by atoms with Gasteiger partial charge in [-0.2, -0.15) is 0 Å². The molecule has 2 aromatic rings. The van der Waals surface area contributed by atoms with Gasteiger partial charge in [-0.3, -0.25) is 0 Å². The second-order valence-corrected chi connectivity index (χ2v) is 4.46. The number of rotatable bonds is 3. The van der Waals surface area contributed by atoms with Gasteiger partial charge in [0.1, 0.15) is 10.8 Å². The first-order valence-electron chi connectivity index (χ1n) is 5.06. The van der Waals surface area contributed by atoms with Crippen molar-refractivity contribution in [1.29, 1.82) is 0 Å². The van der Waals surface area contributed by atoms with E-state index in [1.807, 2.05) is 36.6 Å². The van der Waals surface area contributed by atoms with Crippen LogP contribution in [-0.2, 0) is 0 Å². The predicted molar refractivity (Wildman–Crippen MR) is 66.7 cm³/mol. The Labute approximate surface area is 98.9 Å². The van der Waals surface area contributed by atoms with Crippen LogP contribution in [0, 0.1) is 0 Å². The Morgan fingerprint density at radius 3 is 2.88 bits per heavy atom. The zero-order valence-electron chi connectivity index (χ0n) is 9.31. The maximum atomic E-state index is 5.78. The Kier molecular flexibility index (Phi) is 3.22. The van der Waals surface area contributed by atoms with E-state index in [1.54, 1.807) is 18.4 Å². The highest BCUT2D eigenvalue weighted by atomic mass is 32.1. The summed E-state index contributed by atoms with van der Waals surface area (Å²) >= 11 is 1.60. The molecule has 1 heterocycles. The number of nitrogens with two attached hydrogens (primary N) is 1. The summed E-state index contributed by atoms with van der Waals surface area (Å²) < 4.78 is 5.18. The molecule has 0 saturated carbocycles. The van der Waals surface area contributed by atoms with Crippen molar-refractivity contribution in [2.45, 2.75) is 13.0 Å². The standard InChI is InChI=1S/C12H14N2OS/c1-8(13)11-7-16-12(14-11)9-4-3-5-10(6-9)15-2/h3-8H,13H2,1-2H3.